The molecule has 0 atom stereocenters. The first-order valence-corrected chi connectivity index (χ1v) is 9.09. The molecule has 2 aromatic carbocycles. The van der Waals surface area contributed by atoms with E-state index in [0.717, 1.165) is 3.57 Å². The third kappa shape index (κ3) is 4.14. The van der Waals surface area contributed by atoms with Gasteiger partial charge in [-0.2, -0.15) is 0 Å². The Morgan fingerprint density at radius 3 is 2.25 bits per heavy atom. The lowest BCUT2D eigenvalue weighted by molar-refractivity contribution is -0.131. The summed E-state index contributed by atoms with van der Waals surface area (Å²) in [6, 6.07) is 15.6. The van der Waals surface area contributed by atoms with Gasteiger partial charge in [0.25, 0.3) is 5.91 Å². The maximum atomic E-state index is 12.3. The molecule has 1 heterocycles. The van der Waals surface area contributed by atoms with E-state index in [1.807, 2.05) is 41.3 Å². The molecule has 4 nitrogen and oxygen atoms in total. The van der Waals surface area contributed by atoms with Crippen LogP contribution in [0.25, 0.3) is 0 Å². The van der Waals surface area contributed by atoms with Crippen molar-refractivity contribution in [2.24, 2.45) is 0 Å². The van der Waals surface area contributed by atoms with E-state index >= 15 is 0 Å². The highest BCUT2D eigenvalue weighted by molar-refractivity contribution is 14.1. The monoisotopic (exact) mass is 434 g/mol. The maximum Gasteiger partial charge on any atom is 0.251 e. The van der Waals surface area contributed by atoms with Crippen LogP contribution in [0.2, 0.25) is 0 Å². The largest absolute Gasteiger partial charge is 0.352 e. The van der Waals surface area contributed by atoms with Crippen molar-refractivity contribution >= 4 is 34.4 Å². The maximum absolute atomic E-state index is 12.3. The van der Waals surface area contributed by atoms with Crippen LogP contribution >= 0.6 is 22.6 Å². The topological polar surface area (TPSA) is 49.4 Å². The van der Waals surface area contributed by atoms with Crippen LogP contribution < -0.4 is 5.32 Å². The molecule has 24 heavy (non-hydrogen) atoms. The molecule has 1 aliphatic rings. The number of carbonyl (C=O) groups is 2. The van der Waals surface area contributed by atoms with Crippen molar-refractivity contribution in [3.63, 3.8) is 0 Å². The van der Waals surface area contributed by atoms with Crippen molar-refractivity contribution in [3.8, 4) is 0 Å². The van der Waals surface area contributed by atoms with Crippen molar-refractivity contribution in [2.75, 3.05) is 6.54 Å². The molecule has 0 saturated heterocycles. The lowest BCUT2D eigenvalue weighted by Crippen LogP contribution is -2.28. The fourth-order valence-corrected chi connectivity index (χ4v) is 3.17. The zero-order valence-electron chi connectivity index (χ0n) is 13.3. The van der Waals surface area contributed by atoms with Gasteiger partial charge in [-0.25, -0.2) is 0 Å². The first-order valence-electron chi connectivity index (χ1n) is 8.02. The summed E-state index contributed by atoms with van der Waals surface area (Å²) in [6.45, 7) is 1.91. The average molecular weight is 434 g/mol. The number of halogens is 1. The number of carbonyl (C=O) groups excluding carboxylic acids is 2. The third-order valence-corrected chi connectivity index (χ3v) is 4.87. The second-order valence-electron chi connectivity index (χ2n) is 5.88. The molecule has 5 heteroatoms. The lowest BCUT2D eigenvalue weighted by Gasteiger charge is -2.15. The van der Waals surface area contributed by atoms with Crippen molar-refractivity contribution in [3.05, 3.63) is 68.8 Å². The van der Waals surface area contributed by atoms with Crippen LogP contribution in [0.5, 0.6) is 0 Å². The van der Waals surface area contributed by atoms with Crippen LogP contribution in [-0.2, 0) is 17.9 Å². The van der Waals surface area contributed by atoms with Gasteiger partial charge < -0.3 is 10.2 Å². The van der Waals surface area contributed by atoms with Gasteiger partial charge >= 0.3 is 0 Å². The Hall–Kier alpha value is -1.89. The molecule has 0 saturated carbocycles. The summed E-state index contributed by atoms with van der Waals surface area (Å²) in [5, 5.41) is 2.87. The Bertz CT molecular complexity index is 718. The van der Waals surface area contributed by atoms with Gasteiger partial charge in [0.1, 0.15) is 0 Å². The van der Waals surface area contributed by atoms with Gasteiger partial charge in [0.2, 0.25) is 5.91 Å². The zero-order chi connectivity index (χ0) is 16.9. The van der Waals surface area contributed by atoms with E-state index in [-0.39, 0.29) is 11.8 Å². The Morgan fingerprint density at radius 1 is 1.00 bits per heavy atom. The molecule has 0 fully saturated rings. The first-order chi connectivity index (χ1) is 11.6. The molecule has 2 aromatic rings. The molecule has 3 rings (SSSR count). The van der Waals surface area contributed by atoms with Crippen LogP contribution in [0.1, 0.15) is 34.3 Å². The van der Waals surface area contributed by atoms with E-state index in [1.165, 1.54) is 11.1 Å². The second-order valence-corrected chi connectivity index (χ2v) is 7.13. The molecule has 0 unspecified atom stereocenters. The molecule has 0 spiro atoms. The number of hydrogen-bond acceptors (Lipinski definition) is 2. The molecule has 1 aliphatic heterocycles. The highest BCUT2D eigenvalue weighted by Crippen LogP contribution is 2.22. The lowest BCUT2D eigenvalue weighted by atomic mass is 10.1. The number of fused-ring (bicyclic) bond motifs is 1. The van der Waals surface area contributed by atoms with Crippen LogP contribution in [0.4, 0.5) is 0 Å². The summed E-state index contributed by atoms with van der Waals surface area (Å²) < 4.78 is 1.10. The second kappa shape index (κ2) is 7.79. The number of rotatable bonds is 5. The Kier molecular flexibility index (Phi) is 5.50. The standard InChI is InChI=1S/C19H19IN2O2/c20-17-9-7-14(8-10-17)19(24)21-11-3-6-18(23)22-12-15-4-1-2-5-16(15)13-22/h1-2,4-5,7-10H,3,6,11-13H2,(H,21,24). The zero-order valence-corrected chi connectivity index (χ0v) is 15.5. The number of hydrogen-bond donors (Lipinski definition) is 1. The van der Waals surface area contributed by atoms with Crippen LogP contribution in [0.15, 0.2) is 48.5 Å². The number of benzene rings is 2. The molecular formula is C19H19IN2O2. The molecular weight excluding hydrogens is 415 g/mol. The van der Waals surface area contributed by atoms with Gasteiger partial charge in [-0.15, -0.1) is 0 Å². The predicted octanol–water partition coefficient (Wildman–Crippen LogP) is 3.34. The molecule has 2 amide bonds. The van der Waals surface area contributed by atoms with Gasteiger partial charge in [0.15, 0.2) is 0 Å². The third-order valence-electron chi connectivity index (χ3n) is 4.15. The van der Waals surface area contributed by atoms with E-state index in [0.29, 0.717) is 38.0 Å². The van der Waals surface area contributed by atoms with Crippen molar-refractivity contribution in [1.29, 1.82) is 0 Å². The van der Waals surface area contributed by atoms with E-state index in [1.54, 1.807) is 0 Å². The average Bonchev–Trinajstić information content (AvgIpc) is 3.03. The van der Waals surface area contributed by atoms with E-state index < -0.39 is 0 Å². The first kappa shape index (κ1) is 17.0. The molecule has 0 bridgehead atoms. The van der Waals surface area contributed by atoms with Crippen LogP contribution in [0, 0.1) is 3.57 Å². The van der Waals surface area contributed by atoms with E-state index in [2.05, 4.69) is 40.0 Å². The Morgan fingerprint density at radius 2 is 1.62 bits per heavy atom. The van der Waals surface area contributed by atoms with Crippen LogP contribution in [0.3, 0.4) is 0 Å². The minimum Gasteiger partial charge on any atom is -0.352 e. The smallest absolute Gasteiger partial charge is 0.251 e. The number of amides is 2. The van der Waals surface area contributed by atoms with Crippen molar-refractivity contribution in [2.45, 2.75) is 25.9 Å². The summed E-state index contributed by atoms with van der Waals surface area (Å²) in [7, 11) is 0. The quantitative estimate of drug-likeness (QED) is 0.580. The Labute approximate surface area is 155 Å². The van der Waals surface area contributed by atoms with Gasteiger partial charge in [-0.1, -0.05) is 24.3 Å². The highest BCUT2D eigenvalue weighted by atomic mass is 127. The minimum atomic E-state index is -0.0903. The molecule has 0 aliphatic carbocycles. The summed E-state index contributed by atoms with van der Waals surface area (Å²) in [4.78, 5) is 26.2. The predicted molar refractivity (Wildman–Crippen MR) is 101 cm³/mol. The fourth-order valence-electron chi connectivity index (χ4n) is 2.81. The number of nitrogens with one attached hydrogen (secondary N) is 1. The molecule has 124 valence electrons. The van der Waals surface area contributed by atoms with Gasteiger partial charge in [-0.3, -0.25) is 9.59 Å². The van der Waals surface area contributed by atoms with Crippen molar-refractivity contribution < 1.29 is 9.59 Å². The summed E-state index contributed by atoms with van der Waals surface area (Å²) in [5.74, 6) is 0.0575. The molecule has 1 N–H and O–H groups in total. The minimum absolute atomic E-state index is 0.0903. The molecule has 0 aromatic heterocycles. The molecule has 0 radical (unpaired) electrons. The van der Waals surface area contributed by atoms with Gasteiger partial charge in [0.05, 0.1) is 0 Å². The SMILES string of the molecule is O=C(NCCCC(=O)N1Cc2ccccc2C1)c1ccc(I)cc1. The Balaban J connectivity index is 1.40. The van der Waals surface area contributed by atoms with Gasteiger partial charge in [-0.05, 0) is 64.4 Å². The van der Waals surface area contributed by atoms with Crippen LogP contribution in [-0.4, -0.2) is 23.3 Å². The van der Waals surface area contributed by atoms with Crippen molar-refractivity contribution in [1.82, 2.24) is 10.2 Å². The summed E-state index contributed by atoms with van der Waals surface area (Å²) in [6.07, 6.45) is 1.11. The fraction of sp³-hybridized carbons (Fsp3) is 0.263. The number of nitrogens with zero attached hydrogens (tertiary/aromatic N) is 1. The van der Waals surface area contributed by atoms with Gasteiger partial charge in [0, 0.05) is 35.2 Å². The summed E-state index contributed by atoms with van der Waals surface area (Å²) in [5.41, 5.74) is 3.12. The van der Waals surface area contributed by atoms with E-state index in [9.17, 15) is 9.59 Å². The normalized spacial score (nSPS) is 12.8. The highest BCUT2D eigenvalue weighted by Gasteiger charge is 2.22. The summed E-state index contributed by atoms with van der Waals surface area (Å²) >= 11 is 2.21. The van der Waals surface area contributed by atoms with E-state index in [4.69, 9.17) is 0 Å².